The molecule has 32 heavy (non-hydrogen) atoms. The maximum Gasteiger partial charge on any atom is 0.338 e. The summed E-state index contributed by atoms with van der Waals surface area (Å²) in [6.07, 6.45) is 0. The summed E-state index contributed by atoms with van der Waals surface area (Å²) in [4.78, 5) is 27.4. The normalized spacial score (nSPS) is 11.8. The van der Waals surface area contributed by atoms with Crippen molar-refractivity contribution in [3.05, 3.63) is 89.5 Å². The fourth-order valence-corrected chi connectivity index (χ4v) is 5.18. The molecule has 0 saturated heterocycles. The first-order chi connectivity index (χ1) is 15.3. The van der Waals surface area contributed by atoms with Gasteiger partial charge in [0.05, 0.1) is 16.5 Å². The monoisotopic (exact) mass is 561 g/mol. The molecule has 4 nitrogen and oxygen atoms in total. The summed E-state index contributed by atoms with van der Waals surface area (Å²) in [5, 5.41) is 0. The van der Waals surface area contributed by atoms with Crippen LogP contribution < -0.4 is 0 Å². The highest BCUT2D eigenvalue weighted by molar-refractivity contribution is 14.1. The Labute approximate surface area is 205 Å². The van der Waals surface area contributed by atoms with Crippen LogP contribution in [0.1, 0.15) is 28.4 Å². The Morgan fingerprint density at radius 3 is 1.59 bits per heavy atom. The van der Waals surface area contributed by atoms with Crippen LogP contribution in [0.4, 0.5) is 0 Å². The van der Waals surface area contributed by atoms with Crippen molar-refractivity contribution in [1.29, 1.82) is 0 Å². The third-order valence-corrected chi connectivity index (χ3v) is 7.46. The summed E-state index contributed by atoms with van der Waals surface area (Å²) in [5.74, 6) is -0.745. The molecular formula is C26H26IO4S+. The van der Waals surface area contributed by atoms with E-state index in [4.69, 9.17) is 9.47 Å². The Morgan fingerprint density at radius 2 is 1.16 bits per heavy atom. The first-order valence-electron chi connectivity index (χ1n) is 10.3. The zero-order valence-corrected chi connectivity index (χ0v) is 21.3. The molecule has 166 valence electrons. The lowest BCUT2D eigenvalue weighted by molar-refractivity contribution is -0.143. The highest BCUT2D eigenvalue weighted by atomic mass is 127. The number of aryl methyl sites for hydroxylation is 2. The topological polar surface area (TPSA) is 52.6 Å². The number of esters is 2. The lowest BCUT2D eigenvalue weighted by Gasteiger charge is -2.10. The van der Waals surface area contributed by atoms with Gasteiger partial charge in [-0.3, -0.25) is 4.79 Å². The maximum absolute atomic E-state index is 12.4. The van der Waals surface area contributed by atoms with E-state index < -0.39 is 5.97 Å². The number of halogens is 1. The summed E-state index contributed by atoms with van der Waals surface area (Å²) < 4.78 is 10.0. The molecule has 0 spiro atoms. The van der Waals surface area contributed by atoms with E-state index in [-0.39, 0.29) is 34.0 Å². The van der Waals surface area contributed by atoms with Gasteiger partial charge in [0.15, 0.2) is 14.7 Å². The second kappa shape index (κ2) is 11.5. The van der Waals surface area contributed by atoms with Crippen LogP contribution in [-0.2, 0) is 25.2 Å². The van der Waals surface area contributed by atoms with Crippen LogP contribution >= 0.6 is 22.6 Å². The average Bonchev–Trinajstić information content (AvgIpc) is 2.79. The van der Waals surface area contributed by atoms with Crippen LogP contribution in [0.3, 0.4) is 0 Å². The van der Waals surface area contributed by atoms with E-state index in [2.05, 4.69) is 62.4 Å². The van der Waals surface area contributed by atoms with E-state index in [9.17, 15) is 9.59 Å². The summed E-state index contributed by atoms with van der Waals surface area (Å²) in [7, 11) is -0.280. The van der Waals surface area contributed by atoms with Crippen molar-refractivity contribution >= 4 is 45.4 Å². The molecule has 0 amide bonds. The van der Waals surface area contributed by atoms with Crippen LogP contribution in [-0.4, -0.2) is 29.1 Å². The fraction of sp³-hybridized carbons (Fsp3) is 0.231. The number of carbonyl (C=O) groups excluding carboxylic acids is 2. The van der Waals surface area contributed by atoms with Gasteiger partial charge in [0.2, 0.25) is 0 Å². The third-order valence-electron chi connectivity index (χ3n) is 4.72. The number of ether oxygens (including phenoxy) is 2. The van der Waals surface area contributed by atoms with Crippen LogP contribution in [0.25, 0.3) is 0 Å². The van der Waals surface area contributed by atoms with E-state index >= 15 is 0 Å². The molecule has 0 heterocycles. The molecule has 1 unspecified atom stereocenters. The number of rotatable bonds is 8. The summed E-state index contributed by atoms with van der Waals surface area (Å²) in [5.41, 5.74) is 2.91. The van der Waals surface area contributed by atoms with E-state index in [0.717, 1.165) is 4.90 Å². The molecule has 0 bridgehead atoms. The van der Waals surface area contributed by atoms with Gasteiger partial charge >= 0.3 is 11.9 Å². The van der Waals surface area contributed by atoms with Gasteiger partial charge in [0.25, 0.3) is 0 Å². The van der Waals surface area contributed by atoms with Gasteiger partial charge < -0.3 is 9.47 Å². The molecule has 0 radical (unpaired) electrons. The standard InChI is InChI=1S/C26H26IO4S/c1-18-4-10-22(11-5-18)32(23-12-6-19(2)7-13-23)24-14-8-21(9-15-24)26(29)31-17-16-30-25(28)20(3)27/h4-15,20H,16-17H2,1-3H3/q+1. The first-order valence-corrected chi connectivity index (χ1v) is 12.8. The van der Waals surface area contributed by atoms with Crippen LogP contribution in [0, 0.1) is 13.8 Å². The van der Waals surface area contributed by atoms with E-state index in [1.165, 1.54) is 20.9 Å². The minimum Gasteiger partial charge on any atom is -0.461 e. The molecule has 3 aromatic carbocycles. The minimum absolute atomic E-state index is 0.0345. The molecule has 0 fully saturated rings. The molecule has 6 heteroatoms. The Kier molecular flexibility index (Phi) is 8.75. The molecule has 1 atom stereocenters. The maximum atomic E-state index is 12.4. The van der Waals surface area contributed by atoms with Gasteiger partial charge in [0.1, 0.15) is 17.1 Å². The summed E-state index contributed by atoms with van der Waals surface area (Å²) >= 11 is 1.98. The van der Waals surface area contributed by atoms with Gasteiger partial charge in [-0.2, -0.15) is 0 Å². The SMILES string of the molecule is Cc1ccc([S+](c2ccc(C)cc2)c2ccc(C(=O)OCCOC(=O)C(C)I)cc2)cc1. The van der Waals surface area contributed by atoms with Gasteiger partial charge in [-0.25, -0.2) is 4.79 Å². The number of alkyl halides is 1. The van der Waals surface area contributed by atoms with Crippen molar-refractivity contribution < 1.29 is 19.1 Å². The van der Waals surface area contributed by atoms with Crippen molar-refractivity contribution in [3.63, 3.8) is 0 Å². The van der Waals surface area contributed by atoms with E-state index in [0.29, 0.717) is 5.56 Å². The van der Waals surface area contributed by atoms with Crippen LogP contribution in [0.2, 0.25) is 0 Å². The first kappa shape index (κ1) is 24.3. The predicted octanol–water partition coefficient (Wildman–Crippen LogP) is 5.92. The van der Waals surface area contributed by atoms with Crippen molar-refractivity contribution in [2.24, 2.45) is 0 Å². The Morgan fingerprint density at radius 1 is 0.750 bits per heavy atom. The number of benzene rings is 3. The zero-order valence-electron chi connectivity index (χ0n) is 18.3. The number of carbonyl (C=O) groups is 2. The zero-order chi connectivity index (χ0) is 23.1. The molecule has 3 rings (SSSR count). The molecule has 0 aliphatic rings. The van der Waals surface area contributed by atoms with Crippen molar-refractivity contribution in [2.45, 2.75) is 39.4 Å². The summed E-state index contributed by atoms with van der Waals surface area (Å²) in [6.45, 7) is 6.00. The molecule has 0 aromatic heterocycles. The van der Waals surface area contributed by atoms with Gasteiger partial charge in [-0.1, -0.05) is 58.0 Å². The van der Waals surface area contributed by atoms with Crippen molar-refractivity contribution in [2.75, 3.05) is 13.2 Å². The van der Waals surface area contributed by atoms with Gasteiger partial charge in [-0.05, 0) is 69.3 Å². The van der Waals surface area contributed by atoms with Crippen molar-refractivity contribution in [1.82, 2.24) is 0 Å². The summed E-state index contributed by atoms with van der Waals surface area (Å²) in [6, 6.07) is 24.7. The molecule has 0 saturated carbocycles. The van der Waals surface area contributed by atoms with Crippen LogP contribution in [0.5, 0.6) is 0 Å². The van der Waals surface area contributed by atoms with E-state index in [1.54, 1.807) is 19.1 Å². The molecule has 0 aliphatic heterocycles. The van der Waals surface area contributed by atoms with E-state index in [1.807, 2.05) is 34.7 Å². The minimum atomic E-state index is -0.430. The molecule has 3 aromatic rings. The van der Waals surface area contributed by atoms with Gasteiger partial charge in [-0.15, -0.1) is 0 Å². The Bertz CT molecular complexity index is 999. The molecular weight excluding hydrogens is 535 g/mol. The highest BCUT2D eigenvalue weighted by Gasteiger charge is 2.28. The molecule has 0 N–H and O–H groups in total. The lowest BCUT2D eigenvalue weighted by atomic mass is 10.2. The fourth-order valence-electron chi connectivity index (χ4n) is 2.96. The average molecular weight is 561 g/mol. The third kappa shape index (κ3) is 6.59. The highest BCUT2D eigenvalue weighted by Crippen LogP contribution is 2.31. The predicted molar refractivity (Wildman–Crippen MR) is 136 cm³/mol. The second-order valence-corrected chi connectivity index (χ2v) is 11.3. The lowest BCUT2D eigenvalue weighted by Crippen LogP contribution is -2.18. The van der Waals surface area contributed by atoms with Crippen LogP contribution in [0.15, 0.2) is 87.5 Å². The number of hydrogen-bond donors (Lipinski definition) is 0. The largest absolute Gasteiger partial charge is 0.461 e. The molecule has 0 aliphatic carbocycles. The number of hydrogen-bond acceptors (Lipinski definition) is 4. The Balaban J connectivity index is 1.74. The van der Waals surface area contributed by atoms with Gasteiger partial charge in [0, 0.05) is 0 Å². The quantitative estimate of drug-likeness (QED) is 0.113. The Hall–Kier alpha value is -2.32. The van der Waals surface area contributed by atoms with Crippen molar-refractivity contribution in [3.8, 4) is 0 Å². The smallest absolute Gasteiger partial charge is 0.338 e. The second-order valence-electron chi connectivity index (χ2n) is 7.38.